The first-order valence-electron chi connectivity index (χ1n) is 12.0. The molecule has 0 saturated heterocycles. The van der Waals surface area contributed by atoms with Crippen molar-refractivity contribution in [3.63, 3.8) is 0 Å². The van der Waals surface area contributed by atoms with Crippen LogP contribution in [0.25, 0.3) is 22.4 Å². The molecule has 0 saturated carbocycles. The van der Waals surface area contributed by atoms with E-state index in [9.17, 15) is 22.8 Å². The fourth-order valence-corrected chi connectivity index (χ4v) is 3.66. The molecule has 0 unspecified atom stereocenters. The normalized spacial score (nSPS) is 11.6. The molecule has 2 N–H and O–H groups in total. The monoisotopic (exact) mass is 550 g/mol. The molecule has 1 aromatic carbocycles. The second-order valence-corrected chi connectivity index (χ2v) is 9.80. The number of amides is 2. The molecule has 4 rings (SSSR count). The molecule has 0 spiro atoms. The second-order valence-electron chi connectivity index (χ2n) is 9.80. The summed E-state index contributed by atoms with van der Waals surface area (Å²) in [7, 11) is 0. The maximum atomic E-state index is 13.0. The number of anilines is 2. The minimum absolute atomic E-state index is 0.289. The molecule has 206 valence electrons. The molecule has 0 aliphatic heterocycles. The minimum atomic E-state index is -4.65. The first-order valence-corrected chi connectivity index (χ1v) is 12.0. The van der Waals surface area contributed by atoms with Crippen molar-refractivity contribution in [3.8, 4) is 22.4 Å². The van der Waals surface area contributed by atoms with Crippen LogP contribution in [0.1, 0.15) is 42.4 Å². The molecule has 0 fully saturated rings. The van der Waals surface area contributed by atoms with E-state index in [1.165, 1.54) is 6.20 Å². The van der Waals surface area contributed by atoms with Crippen LogP contribution in [0.2, 0.25) is 0 Å². The Morgan fingerprint density at radius 3 is 2.33 bits per heavy atom. The number of halogens is 3. The van der Waals surface area contributed by atoms with E-state index in [0.717, 1.165) is 16.7 Å². The van der Waals surface area contributed by atoms with Crippen LogP contribution in [0.4, 0.5) is 29.5 Å². The fraction of sp³-hybridized carbons (Fsp3) is 0.214. The van der Waals surface area contributed by atoms with Gasteiger partial charge in [-0.1, -0.05) is 6.07 Å². The van der Waals surface area contributed by atoms with Gasteiger partial charge in [0.15, 0.2) is 5.69 Å². The van der Waals surface area contributed by atoms with Crippen LogP contribution in [0.15, 0.2) is 67.1 Å². The van der Waals surface area contributed by atoms with Crippen molar-refractivity contribution in [3.05, 3.63) is 83.9 Å². The van der Waals surface area contributed by atoms with Gasteiger partial charge in [0.25, 0.3) is 5.91 Å². The highest BCUT2D eigenvalue weighted by molar-refractivity contribution is 6.03. The van der Waals surface area contributed by atoms with Crippen molar-refractivity contribution < 1.29 is 27.5 Å². The Hall–Kier alpha value is -4.87. The molecule has 0 bridgehead atoms. The van der Waals surface area contributed by atoms with Crippen LogP contribution < -0.4 is 10.6 Å². The van der Waals surface area contributed by atoms with E-state index in [-0.39, 0.29) is 5.82 Å². The van der Waals surface area contributed by atoms with E-state index in [4.69, 9.17) is 4.74 Å². The summed E-state index contributed by atoms with van der Waals surface area (Å²) >= 11 is 0. The van der Waals surface area contributed by atoms with Gasteiger partial charge in [0.2, 0.25) is 0 Å². The fourth-order valence-electron chi connectivity index (χ4n) is 3.66. The number of pyridine rings is 2. The number of aromatic nitrogens is 4. The third-order valence-corrected chi connectivity index (χ3v) is 5.47. The Bertz CT molecular complexity index is 1570. The summed E-state index contributed by atoms with van der Waals surface area (Å²) in [6.07, 6.45) is -1.57. The smallest absolute Gasteiger partial charge is 0.418 e. The third-order valence-electron chi connectivity index (χ3n) is 5.47. The molecule has 0 aliphatic rings. The van der Waals surface area contributed by atoms with E-state index in [1.54, 1.807) is 63.4 Å². The molecule has 0 aliphatic carbocycles. The summed E-state index contributed by atoms with van der Waals surface area (Å²) in [6, 6.07) is 12.8. The number of nitrogens with one attached hydrogen (secondary N) is 2. The SMILES string of the molecule is Cc1ccc(NC(=O)c2cc(C(F)(F)F)cnn2)cc1-c1ccnc(-c2ccnc(NC(=O)OC(C)(C)C)c2)c1. The van der Waals surface area contributed by atoms with Crippen LogP contribution in [-0.2, 0) is 10.9 Å². The van der Waals surface area contributed by atoms with Gasteiger partial charge in [-0.25, -0.2) is 9.78 Å². The highest BCUT2D eigenvalue weighted by Gasteiger charge is 2.32. The summed E-state index contributed by atoms with van der Waals surface area (Å²) in [5.74, 6) is -0.539. The van der Waals surface area contributed by atoms with E-state index in [0.29, 0.717) is 29.2 Å². The number of rotatable bonds is 5. The number of hydrogen-bond acceptors (Lipinski definition) is 7. The summed E-state index contributed by atoms with van der Waals surface area (Å²) in [4.78, 5) is 33.3. The van der Waals surface area contributed by atoms with Crippen LogP contribution in [0.3, 0.4) is 0 Å². The Balaban J connectivity index is 1.57. The zero-order valence-corrected chi connectivity index (χ0v) is 22.0. The largest absolute Gasteiger partial charge is 0.444 e. The van der Waals surface area contributed by atoms with Crippen LogP contribution in [0.5, 0.6) is 0 Å². The average Bonchev–Trinajstić information content (AvgIpc) is 2.88. The van der Waals surface area contributed by atoms with Crippen molar-refractivity contribution in [2.24, 2.45) is 0 Å². The van der Waals surface area contributed by atoms with Gasteiger partial charge in [0, 0.05) is 23.6 Å². The van der Waals surface area contributed by atoms with E-state index >= 15 is 0 Å². The summed E-state index contributed by atoms with van der Waals surface area (Å²) in [6.45, 7) is 7.16. The number of alkyl halides is 3. The van der Waals surface area contributed by atoms with Gasteiger partial charge < -0.3 is 10.1 Å². The Labute approximate surface area is 227 Å². The van der Waals surface area contributed by atoms with E-state index in [1.807, 2.05) is 13.0 Å². The molecular weight excluding hydrogens is 525 g/mol. The molecular formula is C28H25F3N6O3. The van der Waals surface area contributed by atoms with Gasteiger partial charge in [-0.05, 0) is 86.8 Å². The first-order chi connectivity index (χ1) is 18.8. The molecule has 9 nitrogen and oxygen atoms in total. The lowest BCUT2D eigenvalue weighted by atomic mass is 9.99. The Kier molecular flexibility index (Phi) is 7.80. The first kappa shape index (κ1) is 28.1. The van der Waals surface area contributed by atoms with Gasteiger partial charge in [0.05, 0.1) is 17.5 Å². The van der Waals surface area contributed by atoms with Crippen molar-refractivity contribution >= 4 is 23.5 Å². The van der Waals surface area contributed by atoms with Crippen molar-refractivity contribution in [2.45, 2.75) is 39.5 Å². The highest BCUT2D eigenvalue weighted by Crippen LogP contribution is 2.31. The zero-order valence-electron chi connectivity index (χ0n) is 22.0. The number of carbonyl (C=O) groups is 2. The minimum Gasteiger partial charge on any atom is -0.444 e. The number of nitrogens with zero attached hydrogens (tertiary/aromatic N) is 4. The summed E-state index contributed by atoms with van der Waals surface area (Å²) < 4.78 is 44.3. The Morgan fingerprint density at radius 2 is 1.60 bits per heavy atom. The van der Waals surface area contributed by atoms with Crippen molar-refractivity contribution in [1.29, 1.82) is 0 Å². The summed E-state index contributed by atoms with van der Waals surface area (Å²) in [5.41, 5.74) is 1.87. The molecule has 12 heteroatoms. The molecule has 0 radical (unpaired) electrons. The Morgan fingerprint density at radius 1 is 0.875 bits per heavy atom. The molecule has 0 atom stereocenters. The van der Waals surface area contributed by atoms with Gasteiger partial charge >= 0.3 is 12.3 Å². The van der Waals surface area contributed by atoms with Crippen LogP contribution >= 0.6 is 0 Å². The standard InChI is InChI=1S/C28H25F3N6O3/c1-16-5-6-20(35-25(38)23-13-19(15-34-37-23)28(29,30)31)14-21(16)17-7-9-32-22(11-17)18-8-10-33-24(12-18)36-26(39)40-27(2,3)4/h5-15H,1-4H3,(H,35,38)(H,33,36,39). The van der Waals surface area contributed by atoms with Crippen LogP contribution in [-0.4, -0.2) is 37.8 Å². The second kappa shape index (κ2) is 11.1. The molecule has 40 heavy (non-hydrogen) atoms. The maximum absolute atomic E-state index is 13.0. The molecule has 2 amide bonds. The maximum Gasteiger partial charge on any atom is 0.418 e. The van der Waals surface area contributed by atoms with Gasteiger partial charge in [-0.15, -0.1) is 5.10 Å². The molecule has 3 heterocycles. The van der Waals surface area contributed by atoms with Gasteiger partial charge in [-0.3, -0.25) is 15.1 Å². The number of hydrogen-bond donors (Lipinski definition) is 2. The number of aryl methyl sites for hydroxylation is 1. The van der Waals surface area contributed by atoms with Crippen molar-refractivity contribution in [1.82, 2.24) is 20.2 Å². The quantitative estimate of drug-likeness (QED) is 0.290. The predicted molar refractivity (Wildman–Crippen MR) is 142 cm³/mol. The lowest BCUT2D eigenvalue weighted by molar-refractivity contribution is -0.137. The van der Waals surface area contributed by atoms with Gasteiger partial charge in [0.1, 0.15) is 11.4 Å². The van der Waals surface area contributed by atoms with Gasteiger partial charge in [-0.2, -0.15) is 18.3 Å². The molecule has 4 aromatic rings. The molecule has 3 aromatic heterocycles. The predicted octanol–water partition coefficient (Wildman–Crippen LogP) is 6.53. The lowest BCUT2D eigenvalue weighted by Gasteiger charge is -2.19. The average molecular weight is 551 g/mol. The third kappa shape index (κ3) is 7.16. The van der Waals surface area contributed by atoms with E-state index < -0.39 is 35.0 Å². The number of carbonyl (C=O) groups excluding carboxylic acids is 2. The zero-order chi connectivity index (χ0) is 29.1. The topological polar surface area (TPSA) is 119 Å². The van der Waals surface area contributed by atoms with Crippen molar-refractivity contribution in [2.75, 3.05) is 10.6 Å². The highest BCUT2D eigenvalue weighted by atomic mass is 19.4. The van der Waals surface area contributed by atoms with E-state index in [2.05, 4.69) is 30.8 Å². The number of ether oxygens (including phenoxy) is 1. The summed E-state index contributed by atoms with van der Waals surface area (Å²) in [5, 5.41) is 12.0. The van der Waals surface area contributed by atoms with Crippen LogP contribution in [0, 0.1) is 6.92 Å². The lowest BCUT2D eigenvalue weighted by Crippen LogP contribution is -2.27. The number of benzene rings is 1.